The van der Waals surface area contributed by atoms with Crippen LogP contribution in [0, 0.1) is 6.92 Å². The van der Waals surface area contributed by atoms with Gasteiger partial charge >= 0.3 is 11.7 Å². The number of hydrogen-bond donors (Lipinski definition) is 0. The van der Waals surface area contributed by atoms with Gasteiger partial charge in [-0.15, -0.1) is 5.10 Å². The number of aryl methyl sites for hydroxylation is 3. The summed E-state index contributed by atoms with van der Waals surface area (Å²) >= 11 is 0. The zero-order chi connectivity index (χ0) is 25.3. The van der Waals surface area contributed by atoms with E-state index in [4.69, 9.17) is 13.9 Å². The lowest BCUT2D eigenvalue weighted by molar-refractivity contribution is -0.161. The van der Waals surface area contributed by atoms with Gasteiger partial charge in [0.2, 0.25) is 11.5 Å². The quantitative estimate of drug-likeness (QED) is 0.310. The van der Waals surface area contributed by atoms with E-state index in [0.717, 1.165) is 36.8 Å². The molecule has 1 aromatic heterocycles. The Morgan fingerprint density at radius 3 is 2.34 bits per heavy atom. The predicted molar refractivity (Wildman–Crippen MR) is 135 cm³/mol. The number of carbonyl (C=O) groups is 1. The SMILES string of the molecule is CCCCC(C)(Oc1ccc(CCCc2nn(Cc3ccc(C)cc3)c(=O)o2)cc1)C(=O)OCC. The van der Waals surface area contributed by atoms with Gasteiger partial charge in [0.25, 0.3) is 0 Å². The average molecular weight is 481 g/mol. The number of hydrogen-bond acceptors (Lipinski definition) is 6. The van der Waals surface area contributed by atoms with E-state index in [1.165, 1.54) is 10.2 Å². The topological polar surface area (TPSA) is 83.6 Å². The molecule has 0 fully saturated rings. The second-order valence-electron chi connectivity index (χ2n) is 9.06. The fraction of sp³-hybridized carbons (Fsp3) is 0.464. The van der Waals surface area contributed by atoms with Gasteiger partial charge in [0.05, 0.1) is 13.2 Å². The number of carbonyl (C=O) groups excluding carboxylic acids is 1. The number of unbranched alkanes of at least 4 members (excludes halogenated alkanes) is 1. The van der Waals surface area contributed by atoms with Gasteiger partial charge in [-0.05, 0) is 69.7 Å². The Balaban J connectivity index is 1.53. The summed E-state index contributed by atoms with van der Waals surface area (Å²) in [5.74, 6) is 0.320. The van der Waals surface area contributed by atoms with Crippen LogP contribution >= 0.6 is 0 Å². The fourth-order valence-electron chi connectivity index (χ4n) is 3.84. The van der Waals surface area contributed by atoms with Crippen LogP contribution in [0.5, 0.6) is 5.75 Å². The molecule has 0 amide bonds. The second-order valence-corrected chi connectivity index (χ2v) is 9.06. The van der Waals surface area contributed by atoms with E-state index in [9.17, 15) is 9.59 Å². The van der Waals surface area contributed by atoms with Crippen LogP contribution in [0.2, 0.25) is 0 Å². The molecule has 3 rings (SSSR count). The van der Waals surface area contributed by atoms with Crippen molar-refractivity contribution in [3.05, 3.63) is 81.7 Å². The standard InChI is InChI=1S/C28H36N2O5/c1-5-7-19-28(4,26(31)33-6-2)35-24-17-15-22(16-18-24)9-8-10-25-29-30(27(32)34-25)20-23-13-11-21(3)12-14-23/h11-18H,5-10,19-20H2,1-4H3. The Bertz CT molecular complexity index is 1130. The fourth-order valence-corrected chi connectivity index (χ4v) is 3.84. The molecular formula is C28H36N2O5. The normalized spacial score (nSPS) is 12.8. The number of nitrogens with zero attached hydrogens (tertiary/aromatic N) is 2. The smallest absolute Gasteiger partial charge is 0.437 e. The van der Waals surface area contributed by atoms with Gasteiger partial charge < -0.3 is 13.9 Å². The first-order valence-electron chi connectivity index (χ1n) is 12.4. The highest BCUT2D eigenvalue weighted by molar-refractivity contribution is 5.79. The molecule has 35 heavy (non-hydrogen) atoms. The summed E-state index contributed by atoms with van der Waals surface area (Å²) in [5, 5.41) is 4.34. The van der Waals surface area contributed by atoms with Gasteiger partial charge in [-0.2, -0.15) is 4.68 Å². The Hall–Kier alpha value is -3.35. The molecule has 2 aromatic carbocycles. The molecule has 0 bridgehead atoms. The Morgan fingerprint density at radius 1 is 1.00 bits per heavy atom. The van der Waals surface area contributed by atoms with Crippen molar-refractivity contribution >= 4 is 5.97 Å². The van der Waals surface area contributed by atoms with Crippen LogP contribution in [0.1, 0.15) is 69.0 Å². The molecule has 3 aromatic rings. The van der Waals surface area contributed by atoms with Gasteiger partial charge in [-0.25, -0.2) is 9.59 Å². The molecule has 1 heterocycles. The number of esters is 1. The molecule has 0 spiro atoms. The van der Waals surface area contributed by atoms with Crippen molar-refractivity contribution < 1.29 is 18.7 Å². The molecular weight excluding hydrogens is 444 g/mol. The third-order valence-corrected chi connectivity index (χ3v) is 5.94. The summed E-state index contributed by atoms with van der Waals surface area (Å²) in [4.78, 5) is 24.6. The van der Waals surface area contributed by atoms with Crippen LogP contribution in [0.25, 0.3) is 0 Å². The molecule has 0 saturated carbocycles. The molecule has 1 atom stereocenters. The van der Waals surface area contributed by atoms with Crippen LogP contribution in [0.15, 0.2) is 57.7 Å². The van der Waals surface area contributed by atoms with Crippen molar-refractivity contribution in [3.63, 3.8) is 0 Å². The minimum atomic E-state index is -0.998. The van der Waals surface area contributed by atoms with E-state index in [1.807, 2.05) is 55.5 Å². The molecule has 0 N–H and O–H groups in total. The van der Waals surface area contributed by atoms with Gasteiger partial charge in [0, 0.05) is 6.42 Å². The molecule has 1 unspecified atom stereocenters. The van der Waals surface area contributed by atoms with Crippen molar-refractivity contribution in [2.45, 2.75) is 78.4 Å². The van der Waals surface area contributed by atoms with Gasteiger partial charge in [-0.3, -0.25) is 0 Å². The highest BCUT2D eigenvalue weighted by Gasteiger charge is 2.36. The summed E-state index contributed by atoms with van der Waals surface area (Å²) in [5.41, 5.74) is 2.31. The molecule has 7 heteroatoms. The first-order valence-corrected chi connectivity index (χ1v) is 12.4. The van der Waals surface area contributed by atoms with E-state index < -0.39 is 11.4 Å². The maximum Gasteiger partial charge on any atom is 0.437 e. The van der Waals surface area contributed by atoms with Gasteiger partial charge in [0.1, 0.15) is 5.75 Å². The van der Waals surface area contributed by atoms with Crippen LogP contribution in [-0.4, -0.2) is 28.0 Å². The lowest BCUT2D eigenvalue weighted by Gasteiger charge is -2.28. The zero-order valence-electron chi connectivity index (χ0n) is 21.2. The molecule has 0 aliphatic carbocycles. The van der Waals surface area contributed by atoms with Crippen LogP contribution in [0.3, 0.4) is 0 Å². The molecule has 0 aliphatic rings. The van der Waals surface area contributed by atoms with Crippen molar-refractivity contribution in [1.29, 1.82) is 0 Å². The second kappa shape index (κ2) is 12.4. The maximum absolute atomic E-state index is 12.5. The number of ether oxygens (including phenoxy) is 2. The monoisotopic (exact) mass is 480 g/mol. The summed E-state index contributed by atoms with van der Waals surface area (Å²) in [7, 11) is 0. The van der Waals surface area contributed by atoms with E-state index in [0.29, 0.717) is 37.6 Å². The van der Waals surface area contributed by atoms with E-state index in [1.54, 1.807) is 13.8 Å². The predicted octanol–water partition coefficient (Wildman–Crippen LogP) is 5.26. The third-order valence-electron chi connectivity index (χ3n) is 5.94. The largest absolute Gasteiger partial charge is 0.476 e. The minimum Gasteiger partial charge on any atom is -0.476 e. The number of rotatable bonds is 13. The first kappa shape index (κ1) is 26.3. The molecule has 7 nitrogen and oxygen atoms in total. The van der Waals surface area contributed by atoms with Gasteiger partial charge in [0.15, 0.2) is 0 Å². The lowest BCUT2D eigenvalue weighted by atomic mass is 9.98. The lowest BCUT2D eigenvalue weighted by Crippen LogP contribution is -2.43. The molecule has 188 valence electrons. The van der Waals surface area contributed by atoms with Crippen LogP contribution < -0.4 is 10.5 Å². The Labute approximate surface area is 207 Å². The maximum atomic E-state index is 12.5. The molecule has 0 radical (unpaired) electrons. The van der Waals surface area contributed by atoms with E-state index in [2.05, 4.69) is 12.0 Å². The van der Waals surface area contributed by atoms with Crippen molar-refractivity contribution in [1.82, 2.24) is 9.78 Å². The summed E-state index contributed by atoms with van der Waals surface area (Å²) < 4.78 is 18.0. The zero-order valence-corrected chi connectivity index (χ0v) is 21.2. The minimum absolute atomic E-state index is 0.327. The Morgan fingerprint density at radius 2 is 1.69 bits per heavy atom. The van der Waals surface area contributed by atoms with Crippen molar-refractivity contribution in [3.8, 4) is 5.75 Å². The van der Waals surface area contributed by atoms with Crippen LogP contribution in [0.4, 0.5) is 0 Å². The Kier molecular flexibility index (Phi) is 9.29. The highest BCUT2D eigenvalue weighted by atomic mass is 16.6. The van der Waals surface area contributed by atoms with E-state index in [-0.39, 0.29) is 5.97 Å². The highest BCUT2D eigenvalue weighted by Crippen LogP contribution is 2.25. The number of benzene rings is 2. The van der Waals surface area contributed by atoms with Crippen LogP contribution in [-0.2, 0) is 28.9 Å². The van der Waals surface area contributed by atoms with Crippen molar-refractivity contribution in [2.75, 3.05) is 6.61 Å². The van der Waals surface area contributed by atoms with Gasteiger partial charge in [-0.1, -0.05) is 55.3 Å². The average Bonchev–Trinajstić information content (AvgIpc) is 3.19. The van der Waals surface area contributed by atoms with Crippen molar-refractivity contribution in [2.24, 2.45) is 0 Å². The molecule has 0 aliphatic heterocycles. The first-order chi connectivity index (χ1) is 16.8. The summed E-state index contributed by atoms with van der Waals surface area (Å²) in [6.07, 6.45) is 4.63. The third kappa shape index (κ3) is 7.57. The molecule has 0 saturated heterocycles. The summed E-state index contributed by atoms with van der Waals surface area (Å²) in [6.45, 7) is 8.42. The number of aromatic nitrogens is 2. The van der Waals surface area contributed by atoms with E-state index >= 15 is 0 Å². The summed E-state index contributed by atoms with van der Waals surface area (Å²) in [6, 6.07) is 15.8.